The zero-order valence-electron chi connectivity index (χ0n) is 31.3. The SMILES string of the molecule is c1ccc(C2c3ccccc3-c3cc(-c4ccc5c(c4)c4cc6c(cc4n5-c4ccccc4)C(c4ccccc4)(c4ccccc4)c4ccccc4-6)ccc32)cc1. The summed E-state index contributed by atoms with van der Waals surface area (Å²) in [6.45, 7) is 0. The van der Waals surface area contributed by atoms with Crippen molar-refractivity contribution in [3.63, 3.8) is 0 Å². The van der Waals surface area contributed by atoms with E-state index in [1.54, 1.807) is 0 Å². The van der Waals surface area contributed by atoms with Gasteiger partial charge >= 0.3 is 0 Å². The molecular weight excluding hydrogens is 687 g/mol. The highest BCUT2D eigenvalue weighted by molar-refractivity contribution is 6.13. The second-order valence-corrected chi connectivity index (χ2v) is 15.6. The van der Waals surface area contributed by atoms with Gasteiger partial charge in [0.1, 0.15) is 0 Å². The predicted molar refractivity (Wildman–Crippen MR) is 236 cm³/mol. The fourth-order valence-electron chi connectivity index (χ4n) is 10.4. The number of para-hydroxylation sites is 1. The third-order valence-corrected chi connectivity index (χ3v) is 12.8. The first-order valence-corrected chi connectivity index (χ1v) is 20.0. The second kappa shape index (κ2) is 12.4. The fraction of sp³-hybridized carbons (Fsp3) is 0.0357. The van der Waals surface area contributed by atoms with Gasteiger partial charge in [-0.2, -0.15) is 0 Å². The Hall–Kier alpha value is -7.22. The van der Waals surface area contributed by atoms with E-state index in [9.17, 15) is 0 Å². The molecule has 0 saturated carbocycles. The molecular formula is C56H37N. The van der Waals surface area contributed by atoms with E-state index in [2.05, 4.69) is 223 Å². The molecule has 266 valence electrons. The summed E-state index contributed by atoms with van der Waals surface area (Å²) in [5.74, 6) is 0.238. The summed E-state index contributed by atoms with van der Waals surface area (Å²) in [7, 11) is 0. The Balaban J connectivity index is 1.12. The Labute approximate surface area is 332 Å². The molecule has 1 unspecified atom stereocenters. The molecule has 0 bridgehead atoms. The fourth-order valence-corrected chi connectivity index (χ4v) is 10.4. The van der Waals surface area contributed by atoms with Gasteiger partial charge in [-0.1, -0.05) is 176 Å². The van der Waals surface area contributed by atoms with E-state index in [0.717, 1.165) is 5.69 Å². The maximum Gasteiger partial charge on any atom is 0.0714 e. The van der Waals surface area contributed by atoms with Crippen LogP contribution in [0.1, 0.15) is 44.9 Å². The Kier molecular flexibility index (Phi) is 6.97. The van der Waals surface area contributed by atoms with Gasteiger partial charge in [-0.25, -0.2) is 0 Å². The van der Waals surface area contributed by atoms with Crippen molar-refractivity contribution < 1.29 is 0 Å². The van der Waals surface area contributed by atoms with E-state index in [4.69, 9.17) is 0 Å². The van der Waals surface area contributed by atoms with Crippen LogP contribution in [0.25, 0.3) is 60.9 Å². The van der Waals surface area contributed by atoms with E-state index in [1.807, 2.05) is 0 Å². The minimum absolute atomic E-state index is 0.238. The Bertz CT molecular complexity index is 3120. The van der Waals surface area contributed by atoms with Crippen molar-refractivity contribution >= 4 is 21.8 Å². The van der Waals surface area contributed by atoms with Crippen LogP contribution in [0.2, 0.25) is 0 Å². The normalized spacial score (nSPS) is 14.6. The quantitative estimate of drug-likeness (QED) is 0.167. The third-order valence-electron chi connectivity index (χ3n) is 12.8. The van der Waals surface area contributed by atoms with Crippen LogP contribution in [0, 0.1) is 0 Å². The highest BCUT2D eigenvalue weighted by Gasteiger charge is 2.46. The molecule has 1 atom stereocenters. The first kappa shape index (κ1) is 32.1. The van der Waals surface area contributed by atoms with Crippen molar-refractivity contribution in [2.45, 2.75) is 11.3 Å². The molecule has 12 rings (SSSR count). The van der Waals surface area contributed by atoms with Crippen molar-refractivity contribution in [1.82, 2.24) is 4.57 Å². The molecule has 2 aliphatic carbocycles. The summed E-state index contributed by atoms with van der Waals surface area (Å²) in [4.78, 5) is 0. The lowest BCUT2D eigenvalue weighted by Crippen LogP contribution is -2.28. The zero-order chi connectivity index (χ0) is 37.5. The number of fused-ring (bicyclic) bond motifs is 9. The molecule has 2 aliphatic rings. The summed E-state index contributed by atoms with van der Waals surface area (Å²) in [5, 5.41) is 2.52. The minimum atomic E-state index is -0.468. The number of hydrogen-bond donors (Lipinski definition) is 0. The molecule has 0 amide bonds. The average molecular weight is 724 g/mol. The van der Waals surface area contributed by atoms with E-state index < -0.39 is 5.41 Å². The van der Waals surface area contributed by atoms with Crippen LogP contribution in [-0.4, -0.2) is 4.57 Å². The van der Waals surface area contributed by atoms with Gasteiger partial charge in [-0.05, 0) is 115 Å². The van der Waals surface area contributed by atoms with Gasteiger partial charge in [0.05, 0.1) is 16.4 Å². The molecule has 1 heterocycles. The monoisotopic (exact) mass is 723 g/mol. The zero-order valence-corrected chi connectivity index (χ0v) is 31.3. The predicted octanol–water partition coefficient (Wildman–Crippen LogP) is 14.0. The van der Waals surface area contributed by atoms with Gasteiger partial charge < -0.3 is 4.57 Å². The van der Waals surface area contributed by atoms with E-state index in [0.29, 0.717) is 0 Å². The first-order valence-electron chi connectivity index (χ1n) is 20.0. The first-order chi connectivity index (χ1) is 28.3. The Morgan fingerprint density at radius 3 is 1.65 bits per heavy atom. The molecule has 0 fully saturated rings. The third kappa shape index (κ3) is 4.57. The number of benzene rings is 9. The highest BCUT2D eigenvalue weighted by atomic mass is 15.0. The van der Waals surface area contributed by atoms with E-state index >= 15 is 0 Å². The summed E-state index contributed by atoms with van der Waals surface area (Å²) in [5.41, 5.74) is 20.1. The van der Waals surface area contributed by atoms with Crippen LogP contribution in [0.3, 0.4) is 0 Å². The standard InChI is InChI=1S/C56H37N/c1-5-17-37(18-6-1)55-45-27-14-13-25-43(45)47-33-38(29-31-46(47)55)39-30-32-53-49(34-39)50-35-48-44-26-15-16-28-51(44)56(40-19-7-2-8-20-40,41-21-9-3-10-22-41)52(48)36-54(50)57(53)42-23-11-4-12-24-42/h1-36,55H. The van der Waals surface area contributed by atoms with Crippen LogP contribution in [0.5, 0.6) is 0 Å². The molecule has 1 nitrogen and oxygen atoms in total. The molecule has 1 aromatic heterocycles. The average Bonchev–Trinajstić information content (AvgIpc) is 3.90. The van der Waals surface area contributed by atoms with E-state index in [-0.39, 0.29) is 5.92 Å². The number of hydrogen-bond acceptors (Lipinski definition) is 0. The minimum Gasteiger partial charge on any atom is -0.309 e. The van der Waals surface area contributed by atoms with Crippen molar-refractivity contribution in [2.75, 3.05) is 0 Å². The molecule has 1 heteroatoms. The van der Waals surface area contributed by atoms with Crippen LogP contribution >= 0.6 is 0 Å². The van der Waals surface area contributed by atoms with Crippen LogP contribution < -0.4 is 0 Å². The van der Waals surface area contributed by atoms with Gasteiger partial charge in [0.15, 0.2) is 0 Å². The summed E-state index contributed by atoms with van der Waals surface area (Å²) in [6.07, 6.45) is 0. The lowest BCUT2D eigenvalue weighted by atomic mass is 9.67. The van der Waals surface area contributed by atoms with E-state index in [1.165, 1.54) is 94.1 Å². The van der Waals surface area contributed by atoms with Crippen molar-refractivity contribution in [1.29, 1.82) is 0 Å². The Morgan fingerprint density at radius 1 is 0.351 bits per heavy atom. The highest BCUT2D eigenvalue weighted by Crippen LogP contribution is 2.57. The number of rotatable bonds is 5. The van der Waals surface area contributed by atoms with Gasteiger partial charge in [0.25, 0.3) is 0 Å². The Morgan fingerprint density at radius 2 is 0.912 bits per heavy atom. The smallest absolute Gasteiger partial charge is 0.0714 e. The molecule has 10 aromatic rings. The lowest BCUT2D eigenvalue weighted by molar-refractivity contribution is 0.769. The van der Waals surface area contributed by atoms with Gasteiger partial charge in [0.2, 0.25) is 0 Å². The van der Waals surface area contributed by atoms with Crippen LogP contribution in [0.15, 0.2) is 218 Å². The molecule has 57 heavy (non-hydrogen) atoms. The van der Waals surface area contributed by atoms with Crippen molar-refractivity contribution in [3.8, 4) is 39.1 Å². The maximum atomic E-state index is 2.51. The molecule has 0 radical (unpaired) electrons. The number of nitrogens with zero attached hydrogens (tertiary/aromatic N) is 1. The topological polar surface area (TPSA) is 4.93 Å². The largest absolute Gasteiger partial charge is 0.309 e. The van der Waals surface area contributed by atoms with Crippen molar-refractivity contribution in [3.05, 3.63) is 257 Å². The van der Waals surface area contributed by atoms with Gasteiger partial charge in [0, 0.05) is 22.4 Å². The van der Waals surface area contributed by atoms with Gasteiger partial charge in [-0.3, -0.25) is 0 Å². The molecule has 0 N–H and O–H groups in total. The summed E-state index contributed by atoms with van der Waals surface area (Å²) in [6, 6.07) is 81.2. The van der Waals surface area contributed by atoms with Crippen LogP contribution in [-0.2, 0) is 5.41 Å². The van der Waals surface area contributed by atoms with Crippen LogP contribution in [0.4, 0.5) is 0 Å². The molecule has 9 aromatic carbocycles. The van der Waals surface area contributed by atoms with Crippen molar-refractivity contribution in [2.24, 2.45) is 0 Å². The lowest BCUT2D eigenvalue weighted by Gasteiger charge is -2.34. The second-order valence-electron chi connectivity index (χ2n) is 15.6. The molecule has 0 aliphatic heterocycles. The summed E-state index contributed by atoms with van der Waals surface area (Å²) < 4.78 is 2.47. The maximum absolute atomic E-state index is 2.51. The molecule has 0 saturated heterocycles. The number of aromatic nitrogens is 1. The summed E-state index contributed by atoms with van der Waals surface area (Å²) >= 11 is 0. The van der Waals surface area contributed by atoms with Gasteiger partial charge in [-0.15, -0.1) is 0 Å². The molecule has 0 spiro atoms.